The van der Waals surface area contributed by atoms with E-state index >= 15 is 0 Å². The van der Waals surface area contributed by atoms with E-state index in [1.807, 2.05) is 0 Å². The average Bonchev–Trinajstić information content (AvgIpc) is 2.40. The Morgan fingerprint density at radius 3 is 1.30 bits per heavy atom. The lowest BCUT2D eigenvalue weighted by Gasteiger charge is -1.88. The van der Waals surface area contributed by atoms with Gasteiger partial charge in [0.15, 0.2) is 0 Å². The Bertz CT molecular complexity index is 627. The molecule has 0 aliphatic carbocycles. The van der Waals surface area contributed by atoms with Crippen molar-refractivity contribution < 1.29 is 19.8 Å². The Labute approximate surface area is 111 Å². The topological polar surface area (TPSA) is 140 Å². The van der Waals surface area contributed by atoms with Crippen molar-refractivity contribution >= 4 is 11.9 Å². The molecule has 104 valence electrons. The lowest BCUT2D eigenvalue weighted by atomic mass is 10.3. The van der Waals surface area contributed by atoms with Crippen LogP contribution in [0.15, 0.2) is 46.2 Å². The summed E-state index contributed by atoms with van der Waals surface area (Å²) in [6, 6.07) is 4.84. The summed E-state index contributed by atoms with van der Waals surface area (Å²) in [7, 11) is 0. The maximum absolute atomic E-state index is 10.4. The Hall–Kier alpha value is -3.16. The quantitative estimate of drug-likeness (QED) is 0.616. The molecule has 8 nitrogen and oxygen atoms in total. The maximum atomic E-state index is 10.4. The molecule has 0 bridgehead atoms. The van der Waals surface area contributed by atoms with Crippen molar-refractivity contribution in [3.05, 3.63) is 68.5 Å². The van der Waals surface area contributed by atoms with E-state index in [2.05, 4.69) is 9.97 Å². The Kier molecular flexibility index (Phi) is 4.98. The molecule has 0 atom stereocenters. The van der Waals surface area contributed by atoms with Gasteiger partial charge in [0.2, 0.25) is 11.1 Å². The van der Waals surface area contributed by atoms with Crippen molar-refractivity contribution in [2.45, 2.75) is 0 Å². The van der Waals surface area contributed by atoms with Crippen molar-refractivity contribution in [3.63, 3.8) is 0 Å². The Balaban J connectivity index is 0.000000200. The molecule has 0 unspecified atom stereocenters. The molecule has 0 spiro atoms. The van der Waals surface area contributed by atoms with Gasteiger partial charge < -0.3 is 20.2 Å². The van der Waals surface area contributed by atoms with E-state index in [-0.39, 0.29) is 22.2 Å². The van der Waals surface area contributed by atoms with E-state index in [9.17, 15) is 19.2 Å². The van der Waals surface area contributed by atoms with Gasteiger partial charge in [0.05, 0.1) is 11.1 Å². The van der Waals surface area contributed by atoms with E-state index in [1.54, 1.807) is 0 Å². The van der Waals surface area contributed by atoms with E-state index in [0.29, 0.717) is 0 Å². The summed E-state index contributed by atoms with van der Waals surface area (Å²) < 4.78 is 0. The fourth-order valence-electron chi connectivity index (χ4n) is 1.09. The standard InChI is InChI=1S/2C6H5NO3/c2*8-5-2-1-4(3-7-5)6(9)10/h2*1-3H,(H,7,8)(H,9,10). The zero-order valence-corrected chi connectivity index (χ0v) is 9.99. The summed E-state index contributed by atoms with van der Waals surface area (Å²) >= 11 is 0. The Morgan fingerprint density at radius 2 is 1.10 bits per heavy atom. The van der Waals surface area contributed by atoms with Gasteiger partial charge in [0, 0.05) is 24.5 Å². The van der Waals surface area contributed by atoms with Crippen molar-refractivity contribution in [2.75, 3.05) is 0 Å². The first-order chi connectivity index (χ1) is 9.40. The second-order valence-electron chi connectivity index (χ2n) is 3.49. The molecular weight excluding hydrogens is 268 g/mol. The zero-order valence-electron chi connectivity index (χ0n) is 9.99. The van der Waals surface area contributed by atoms with Crippen LogP contribution < -0.4 is 11.1 Å². The number of aromatic nitrogens is 2. The molecule has 2 rings (SSSR count). The van der Waals surface area contributed by atoms with Crippen LogP contribution in [-0.4, -0.2) is 32.1 Å². The van der Waals surface area contributed by atoms with Crippen LogP contribution in [0, 0.1) is 0 Å². The highest BCUT2D eigenvalue weighted by Gasteiger charge is 1.99. The summed E-state index contributed by atoms with van der Waals surface area (Å²) in [4.78, 5) is 45.7. The van der Waals surface area contributed by atoms with Crippen LogP contribution in [0.1, 0.15) is 20.7 Å². The molecule has 0 aliphatic heterocycles. The molecule has 2 aromatic heterocycles. The van der Waals surface area contributed by atoms with Crippen LogP contribution in [-0.2, 0) is 0 Å². The lowest BCUT2D eigenvalue weighted by molar-refractivity contribution is 0.0685. The monoisotopic (exact) mass is 278 g/mol. The number of carbonyl (C=O) groups is 2. The third kappa shape index (κ3) is 4.61. The van der Waals surface area contributed by atoms with E-state index in [0.717, 1.165) is 12.4 Å². The van der Waals surface area contributed by atoms with Crippen LogP contribution in [0.2, 0.25) is 0 Å². The van der Waals surface area contributed by atoms with E-state index < -0.39 is 11.9 Å². The van der Waals surface area contributed by atoms with Crippen LogP contribution in [0.4, 0.5) is 0 Å². The molecule has 2 heterocycles. The van der Waals surface area contributed by atoms with Gasteiger partial charge in [0.25, 0.3) is 0 Å². The van der Waals surface area contributed by atoms with Gasteiger partial charge >= 0.3 is 11.9 Å². The molecule has 0 saturated heterocycles. The molecule has 0 saturated carbocycles. The van der Waals surface area contributed by atoms with Crippen molar-refractivity contribution in [1.29, 1.82) is 0 Å². The third-order valence-electron chi connectivity index (χ3n) is 2.06. The number of hydrogen-bond donors (Lipinski definition) is 4. The number of hydrogen-bond acceptors (Lipinski definition) is 4. The third-order valence-corrected chi connectivity index (χ3v) is 2.06. The average molecular weight is 278 g/mol. The number of aromatic amines is 2. The molecule has 20 heavy (non-hydrogen) atoms. The molecule has 0 aliphatic rings. The van der Waals surface area contributed by atoms with Gasteiger partial charge in [-0.15, -0.1) is 0 Å². The highest BCUT2D eigenvalue weighted by molar-refractivity contribution is 5.87. The minimum absolute atomic E-state index is 0.0830. The summed E-state index contributed by atoms with van der Waals surface area (Å²) in [6.07, 6.45) is 2.31. The highest BCUT2D eigenvalue weighted by atomic mass is 16.4. The number of carboxylic acids is 2. The predicted molar refractivity (Wildman–Crippen MR) is 68.0 cm³/mol. The fourth-order valence-corrected chi connectivity index (χ4v) is 1.09. The second kappa shape index (κ2) is 6.69. The molecule has 4 N–H and O–H groups in total. The summed E-state index contributed by atoms with van der Waals surface area (Å²) in [5, 5.41) is 16.7. The number of rotatable bonds is 2. The van der Waals surface area contributed by atoms with Crippen LogP contribution >= 0.6 is 0 Å². The van der Waals surface area contributed by atoms with Crippen LogP contribution in [0.5, 0.6) is 0 Å². The smallest absolute Gasteiger partial charge is 0.337 e. The van der Waals surface area contributed by atoms with Crippen molar-refractivity contribution in [2.24, 2.45) is 0 Å². The van der Waals surface area contributed by atoms with E-state index in [1.165, 1.54) is 24.3 Å². The predicted octanol–water partition coefficient (Wildman–Crippen LogP) is 0.146. The van der Waals surface area contributed by atoms with Gasteiger partial charge in [-0.2, -0.15) is 0 Å². The largest absolute Gasteiger partial charge is 0.478 e. The second-order valence-corrected chi connectivity index (χ2v) is 3.49. The zero-order chi connectivity index (χ0) is 15.1. The first kappa shape index (κ1) is 14.9. The van der Waals surface area contributed by atoms with Gasteiger partial charge in [-0.1, -0.05) is 0 Å². The molecule has 0 aromatic carbocycles. The van der Waals surface area contributed by atoms with Gasteiger partial charge in [-0.05, 0) is 12.1 Å². The fraction of sp³-hybridized carbons (Fsp3) is 0. The normalized spacial score (nSPS) is 9.20. The molecule has 0 fully saturated rings. The minimum atomic E-state index is -1.05. The Morgan fingerprint density at radius 1 is 0.750 bits per heavy atom. The minimum Gasteiger partial charge on any atom is -0.478 e. The van der Waals surface area contributed by atoms with Gasteiger partial charge in [-0.3, -0.25) is 9.59 Å². The number of carboxylic acid groups (broad SMARTS) is 2. The number of aromatic carboxylic acids is 2. The van der Waals surface area contributed by atoms with Gasteiger partial charge in [-0.25, -0.2) is 9.59 Å². The van der Waals surface area contributed by atoms with Crippen LogP contribution in [0.25, 0.3) is 0 Å². The molecular formula is C12H10N2O6. The molecule has 2 aromatic rings. The van der Waals surface area contributed by atoms with Crippen molar-refractivity contribution in [1.82, 2.24) is 9.97 Å². The number of H-pyrrole nitrogens is 2. The number of pyridine rings is 2. The van der Waals surface area contributed by atoms with Crippen molar-refractivity contribution in [3.8, 4) is 0 Å². The summed E-state index contributed by atoms with van der Waals surface area (Å²) in [6.45, 7) is 0. The molecule has 0 radical (unpaired) electrons. The highest BCUT2D eigenvalue weighted by Crippen LogP contribution is 1.91. The van der Waals surface area contributed by atoms with Crippen LogP contribution in [0.3, 0.4) is 0 Å². The first-order valence-electron chi connectivity index (χ1n) is 5.24. The first-order valence-corrected chi connectivity index (χ1v) is 5.24. The number of nitrogens with one attached hydrogen (secondary N) is 2. The van der Waals surface area contributed by atoms with Gasteiger partial charge in [0.1, 0.15) is 0 Å². The molecule has 8 heteroatoms. The van der Waals surface area contributed by atoms with E-state index in [4.69, 9.17) is 10.2 Å². The molecule has 0 amide bonds. The summed E-state index contributed by atoms with van der Waals surface area (Å²) in [5.74, 6) is -2.09. The summed E-state index contributed by atoms with van der Waals surface area (Å²) in [5.41, 5.74) is -0.436. The maximum Gasteiger partial charge on any atom is 0.337 e. The SMILES string of the molecule is O=C(O)c1ccc(=O)[nH]c1.O=C(O)c1ccc(=O)[nH]c1. The lowest BCUT2D eigenvalue weighted by Crippen LogP contribution is -2.05.